The first-order valence-electron chi connectivity index (χ1n) is 10.9. The van der Waals surface area contributed by atoms with Gasteiger partial charge in [-0.05, 0) is 30.7 Å². The molecule has 8 heteroatoms. The van der Waals surface area contributed by atoms with Crippen molar-refractivity contribution < 1.29 is 9.53 Å². The van der Waals surface area contributed by atoms with Crippen LogP contribution < -0.4 is 20.9 Å². The van der Waals surface area contributed by atoms with Crippen LogP contribution >= 0.6 is 11.6 Å². The molecule has 3 heterocycles. The van der Waals surface area contributed by atoms with Crippen molar-refractivity contribution in [1.82, 2.24) is 4.57 Å². The molecule has 0 fully saturated rings. The van der Waals surface area contributed by atoms with Crippen molar-refractivity contribution in [2.75, 3.05) is 4.90 Å². The van der Waals surface area contributed by atoms with Crippen molar-refractivity contribution in [3.05, 3.63) is 116 Å². The second-order valence-corrected chi connectivity index (χ2v) is 8.90. The van der Waals surface area contributed by atoms with Gasteiger partial charge >= 0.3 is 0 Å². The summed E-state index contributed by atoms with van der Waals surface area (Å²) in [6.07, 6.45) is 1.60. The molecule has 2 aliphatic heterocycles. The van der Waals surface area contributed by atoms with Gasteiger partial charge in [-0.25, -0.2) is 0 Å². The summed E-state index contributed by atoms with van der Waals surface area (Å²) < 4.78 is 7.26. The number of halogens is 1. The molecule has 0 radical (unpaired) electrons. The molecule has 1 amide bonds. The second-order valence-electron chi connectivity index (χ2n) is 8.47. The number of aryl methyl sites for hydroxylation is 1. The Balaban J connectivity index is 1.83. The number of anilines is 1. The van der Waals surface area contributed by atoms with E-state index < -0.39 is 16.9 Å². The van der Waals surface area contributed by atoms with Gasteiger partial charge in [-0.3, -0.25) is 9.59 Å². The first-order valence-corrected chi connectivity index (χ1v) is 11.3. The molecule has 1 spiro atoms. The van der Waals surface area contributed by atoms with Crippen LogP contribution in [0.2, 0.25) is 5.02 Å². The minimum atomic E-state index is -1.73. The lowest BCUT2D eigenvalue weighted by Crippen LogP contribution is -2.49. The van der Waals surface area contributed by atoms with Crippen molar-refractivity contribution >= 4 is 23.2 Å². The molecule has 2 aliphatic rings. The van der Waals surface area contributed by atoms with Crippen LogP contribution in [-0.4, -0.2) is 10.5 Å². The number of benzene rings is 2. The number of ether oxygens (including phenoxy) is 1. The van der Waals surface area contributed by atoms with Gasteiger partial charge in [0, 0.05) is 34.6 Å². The minimum absolute atomic E-state index is 0.0757. The molecule has 1 aromatic heterocycles. The van der Waals surface area contributed by atoms with E-state index in [9.17, 15) is 14.9 Å². The normalized spacial score (nSPS) is 18.2. The summed E-state index contributed by atoms with van der Waals surface area (Å²) in [4.78, 5) is 29.9. The highest BCUT2D eigenvalue weighted by atomic mass is 35.5. The molecular formula is C27H21ClN4O3. The van der Waals surface area contributed by atoms with Gasteiger partial charge in [0.2, 0.25) is 11.8 Å². The number of amides is 1. The summed E-state index contributed by atoms with van der Waals surface area (Å²) in [7, 11) is 0. The summed E-state index contributed by atoms with van der Waals surface area (Å²) in [6.45, 7) is 5.96. The predicted octanol–water partition coefficient (Wildman–Crippen LogP) is 3.92. The second kappa shape index (κ2) is 8.19. The van der Waals surface area contributed by atoms with Crippen molar-refractivity contribution in [2.24, 2.45) is 5.73 Å². The Bertz CT molecular complexity index is 1530. The monoisotopic (exact) mass is 484 g/mol. The van der Waals surface area contributed by atoms with Crippen molar-refractivity contribution in [2.45, 2.75) is 25.4 Å². The average Bonchev–Trinajstić information content (AvgIpc) is 3.07. The molecule has 0 aliphatic carbocycles. The van der Waals surface area contributed by atoms with Gasteiger partial charge in [0.1, 0.15) is 17.4 Å². The van der Waals surface area contributed by atoms with E-state index in [4.69, 9.17) is 22.1 Å². The van der Waals surface area contributed by atoms with Crippen molar-refractivity contribution in [3.63, 3.8) is 0 Å². The fourth-order valence-electron chi connectivity index (χ4n) is 5.01. The van der Waals surface area contributed by atoms with Crippen molar-refractivity contribution in [3.8, 4) is 11.8 Å². The lowest BCUT2D eigenvalue weighted by molar-refractivity contribution is -0.121. The van der Waals surface area contributed by atoms with Crippen LogP contribution in [-0.2, 0) is 23.3 Å². The Hall–Kier alpha value is -4.28. The van der Waals surface area contributed by atoms with Crippen LogP contribution in [0.3, 0.4) is 0 Å². The van der Waals surface area contributed by atoms with Gasteiger partial charge in [-0.15, -0.1) is 6.58 Å². The number of hydrogen-bond donors (Lipinski definition) is 1. The van der Waals surface area contributed by atoms with Gasteiger partial charge < -0.3 is 19.9 Å². The maximum atomic E-state index is 14.4. The predicted molar refractivity (Wildman–Crippen MR) is 133 cm³/mol. The molecule has 1 unspecified atom stereocenters. The van der Waals surface area contributed by atoms with Crippen LogP contribution in [0.1, 0.15) is 22.4 Å². The summed E-state index contributed by atoms with van der Waals surface area (Å²) in [5.41, 5.74) is 6.58. The standard InChI is InChI=1S/C27H21ClN4O3/c1-3-12-31-16(2)13-22-23(25(31)33)27(20(14-29)24(30)35-22)19-6-4-5-7-21(19)32(26(27)34)15-17-8-10-18(28)11-9-17/h3-11,13H,1,12,15,30H2,2H3. The maximum absolute atomic E-state index is 14.4. The number of para-hydroxylation sites is 1. The van der Waals surface area contributed by atoms with Crippen molar-refractivity contribution in [1.29, 1.82) is 5.26 Å². The zero-order valence-corrected chi connectivity index (χ0v) is 19.7. The molecule has 2 N–H and O–H groups in total. The largest absolute Gasteiger partial charge is 0.440 e. The lowest BCUT2D eigenvalue weighted by Gasteiger charge is -2.34. The highest BCUT2D eigenvalue weighted by molar-refractivity contribution is 6.30. The van der Waals surface area contributed by atoms with E-state index in [1.807, 2.05) is 18.2 Å². The maximum Gasteiger partial charge on any atom is 0.259 e. The number of nitriles is 1. The quantitative estimate of drug-likeness (QED) is 0.566. The Morgan fingerprint density at radius 2 is 1.91 bits per heavy atom. The number of hydrogen-bond acceptors (Lipinski definition) is 5. The first-order chi connectivity index (χ1) is 16.8. The molecule has 35 heavy (non-hydrogen) atoms. The van der Waals surface area contributed by atoms with E-state index >= 15 is 0 Å². The molecule has 1 atom stereocenters. The number of rotatable bonds is 4. The Morgan fingerprint density at radius 1 is 1.20 bits per heavy atom. The molecule has 5 rings (SSSR count). The van der Waals surface area contributed by atoms with Crippen LogP contribution in [0.25, 0.3) is 0 Å². The number of fused-ring (bicyclic) bond motifs is 4. The van der Waals surface area contributed by atoms with E-state index in [0.717, 1.165) is 5.56 Å². The third-order valence-electron chi connectivity index (χ3n) is 6.53. The van der Waals surface area contributed by atoms with Gasteiger partial charge in [0.25, 0.3) is 5.56 Å². The molecule has 3 aromatic rings. The zero-order chi connectivity index (χ0) is 24.9. The number of allylic oxidation sites excluding steroid dienone is 1. The molecular weight excluding hydrogens is 464 g/mol. The van der Waals surface area contributed by atoms with Gasteiger partial charge in [0.15, 0.2) is 5.41 Å². The molecule has 0 saturated heterocycles. The molecule has 7 nitrogen and oxygen atoms in total. The van der Waals surface area contributed by atoms with Gasteiger partial charge in [0.05, 0.1) is 12.1 Å². The first kappa shape index (κ1) is 22.5. The van der Waals surface area contributed by atoms with Crippen LogP contribution in [0.15, 0.2) is 83.5 Å². The number of aromatic nitrogens is 1. The summed E-state index contributed by atoms with van der Waals surface area (Å²) in [5, 5.41) is 10.8. The van der Waals surface area contributed by atoms with Crippen LogP contribution in [0.4, 0.5) is 5.69 Å². The summed E-state index contributed by atoms with van der Waals surface area (Å²) in [6, 6.07) is 18.0. The van der Waals surface area contributed by atoms with E-state index in [1.54, 1.807) is 54.3 Å². The minimum Gasteiger partial charge on any atom is -0.440 e. The van der Waals surface area contributed by atoms with Crippen LogP contribution in [0.5, 0.6) is 5.75 Å². The van der Waals surface area contributed by atoms with Crippen LogP contribution in [0, 0.1) is 18.3 Å². The fraction of sp³-hybridized carbons (Fsp3) is 0.148. The molecule has 0 bridgehead atoms. The number of pyridine rings is 1. The van der Waals surface area contributed by atoms with Gasteiger partial charge in [-0.1, -0.05) is 48.0 Å². The fourth-order valence-corrected chi connectivity index (χ4v) is 5.13. The molecule has 174 valence electrons. The average molecular weight is 485 g/mol. The zero-order valence-electron chi connectivity index (χ0n) is 18.9. The topological polar surface area (TPSA) is 101 Å². The van der Waals surface area contributed by atoms with E-state index in [1.165, 1.54) is 4.57 Å². The molecule has 0 saturated carbocycles. The number of carbonyl (C=O) groups excluding carboxylic acids is 1. The lowest BCUT2D eigenvalue weighted by atomic mass is 9.69. The highest BCUT2D eigenvalue weighted by Crippen LogP contribution is 2.54. The Kier molecular flexibility index (Phi) is 5.27. The summed E-state index contributed by atoms with van der Waals surface area (Å²) in [5.74, 6) is -0.471. The third-order valence-corrected chi connectivity index (χ3v) is 6.78. The number of nitrogens with two attached hydrogens (primary N) is 1. The third kappa shape index (κ3) is 3.11. The highest BCUT2D eigenvalue weighted by Gasteiger charge is 2.60. The number of nitrogens with zero attached hydrogens (tertiary/aromatic N) is 3. The smallest absolute Gasteiger partial charge is 0.259 e. The van der Waals surface area contributed by atoms with E-state index in [0.29, 0.717) is 22.0 Å². The Labute approximate surface area is 206 Å². The summed E-state index contributed by atoms with van der Waals surface area (Å²) >= 11 is 6.04. The SMILES string of the molecule is C=CCn1c(C)cc2c(c1=O)C1(C(=O)N(Cc3ccc(Cl)cc3)c3ccccc31)C(C#N)=C(N)O2. The Morgan fingerprint density at radius 3 is 2.60 bits per heavy atom. The number of carbonyl (C=O) groups is 1. The van der Waals surface area contributed by atoms with E-state index in [2.05, 4.69) is 12.6 Å². The van der Waals surface area contributed by atoms with E-state index in [-0.39, 0.29) is 35.9 Å². The molecule has 2 aromatic carbocycles. The van der Waals surface area contributed by atoms with Gasteiger partial charge in [-0.2, -0.15) is 5.26 Å².